The summed E-state index contributed by atoms with van der Waals surface area (Å²) in [6, 6.07) is 9.89. The lowest BCUT2D eigenvalue weighted by molar-refractivity contribution is 0.304. The Morgan fingerprint density at radius 1 is 1.05 bits per heavy atom. The summed E-state index contributed by atoms with van der Waals surface area (Å²) in [4.78, 5) is 0. The summed E-state index contributed by atoms with van der Waals surface area (Å²) in [5.74, 6) is 4.70. The Hall–Kier alpha value is -2.38. The first-order valence-electron chi connectivity index (χ1n) is 5.95. The van der Waals surface area contributed by atoms with Crippen molar-refractivity contribution < 1.29 is 18.6 Å². The van der Waals surface area contributed by atoms with Crippen molar-refractivity contribution in [3.8, 4) is 17.6 Å². The zero-order chi connectivity index (χ0) is 14.4. The Bertz CT molecular complexity index is 657. The van der Waals surface area contributed by atoms with Gasteiger partial charge in [0.15, 0.2) is 0 Å². The van der Waals surface area contributed by atoms with Gasteiger partial charge >= 0.3 is 0 Å². The van der Waals surface area contributed by atoms with Crippen LogP contribution in [0, 0.1) is 23.5 Å². The second-order valence-corrected chi connectivity index (χ2v) is 4.01. The van der Waals surface area contributed by atoms with Crippen LogP contribution >= 0.6 is 0 Å². The smallest absolute Gasteiger partial charge is 0.126 e. The van der Waals surface area contributed by atoms with Gasteiger partial charge in [-0.05, 0) is 24.3 Å². The highest BCUT2D eigenvalue weighted by Gasteiger charge is 2.04. The molecule has 0 unspecified atom stereocenters. The fraction of sp³-hybridized carbons (Fsp3) is 0.125. The highest BCUT2D eigenvalue weighted by Crippen LogP contribution is 2.16. The molecule has 0 saturated heterocycles. The molecule has 0 aliphatic carbocycles. The molecule has 0 radical (unpaired) electrons. The molecule has 102 valence electrons. The first-order valence-corrected chi connectivity index (χ1v) is 5.95. The molecule has 0 atom stereocenters. The monoisotopic (exact) mass is 274 g/mol. The third-order valence-electron chi connectivity index (χ3n) is 2.56. The van der Waals surface area contributed by atoms with Crippen LogP contribution in [0.2, 0.25) is 0 Å². The van der Waals surface area contributed by atoms with Crippen molar-refractivity contribution in [2.45, 2.75) is 6.61 Å². The minimum Gasteiger partial charge on any atom is -0.489 e. The van der Waals surface area contributed by atoms with Crippen LogP contribution in [-0.4, -0.2) is 11.7 Å². The number of ether oxygens (including phenoxy) is 1. The van der Waals surface area contributed by atoms with Crippen LogP contribution in [0.4, 0.5) is 8.78 Å². The average molecular weight is 274 g/mol. The SMILES string of the molecule is OCC#Cc1cc(F)ccc1COc1cccc(F)c1. The van der Waals surface area contributed by atoms with Gasteiger partial charge in [0.05, 0.1) is 0 Å². The Kier molecular flexibility index (Phi) is 4.70. The molecule has 2 aromatic carbocycles. The maximum absolute atomic E-state index is 13.2. The van der Waals surface area contributed by atoms with E-state index in [1.807, 2.05) is 0 Å². The number of rotatable bonds is 3. The summed E-state index contributed by atoms with van der Waals surface area (Å²) >= 11 is 0. The van der Waals surface area contributed by atoms with Gasteiger partial charge in [0, 0.05) is 17.2 Å². The van der Waals surface area contributed by atoms with E-state index in [0.717, 1.165) is 0 Å². The van der Waals surface area contributed by atoms with Gasteiger partial charge in [-0.1, -0.05) is 24.0 Å². The second kappa shape index (κ2) is 6.69. The predicted molar refractivity (Wildman–Crippen MR) is 71.1 cm³/mol. The van der Waals surface area contributed by atoms with E-state index in [1.54, 1.807) is 18.2 Å². The highest BCUT2D eigenvalue weighted by atomic mass is 19.1. The van der Waals surface area contributed by atoms with E-state index in [0.29, 0.717) is 16.9 Å². The van der Waals surface area contributed by atoms with Gasteiger partial charge in [0.1, 0.15) is 30.6 Å². The number of benzene rings is 2. The van der Waals surface area contributed by atoms with E-state index in [4.69, 9.17) is 9.84 Å². The summed E-state index contributed by atoms with van der Waals surface area (Å²) in [7, 11) is 0. The third kappa shape index (κ3) is 3.81. The molecule has 4 heteroatoms. The van der Waals surface area contributed by atoms with Gasteiger partial charge in [0.2, 0.25) is 0 Å². The number of aliphatic hydroxyl groups excluding tert-OH is 1. The van der Waals surface area contributed by atoms with E-state index in [1.165, 1.54) is 24.3 Å². The molecule has 0 aliphatic rings. The van der Waals surface area contributed by atoms with Crippen LogP contribution in [0.15, 0.2) is 42.5 Å². The maximum atomic E-state index is 13.2. The fourth-order valence-corrected chi connectivity index (χ4v) is 1.64. The number of hydrogen-bond acceptors (Lipinski definition) is 2. The molecule has 0 aromatic heterocycles. The summed E-state index contributed by atoms with van der Waals surface area (Å²) in [5.41, 5.74) is 1.10. The number of aliphatic hydroxyl groups is 1. The second-order valence-electron chi connectivity index (χ2n) is 4.01. The molecule has 2 nitrogen and oxygen atoms in total. The lowest BCUT2D eigenvalue weighted by Crippen LogP contribution is -1.99. The molecular formula is C16H12F2O2. The Morgan fingerprint density at radius 2 is 1.85 bits per heavy atom. The first kappa shape index (κ1) is 14.0. The lowest BCUT2D eigenvalue weighted by Gasteiger charge is -2.08. The largest absolute Gasteiger partial charge is 0.489 e. The molecule has 2 rings (SSSR count). The first-order chi connectivity index (χ1) is 9.69. The van der Waals surface area contributed by atoms with Crippen LogP contribution in [0.5, 0.6) is 5.75 Å². The average Bonchev–Trinajstić information content (AvgIpc) is 2.44. The van der Waals surface area contributed by atoms with Crippen molar-refractivity contribution in [2.75, 3.05) is 6.61 Å². The lowest BCUT2D eigenvalue weighted by atomic mass is 10.1. The van der Waals surface area contributed by atoms with E-state index in [9.17, 15) is 8.78 Å². The van der Waals surface area contributed by atoms with Gasteiger partial charge < -0.3 is 9.84 Å². The summed E-state index contributed by atoms with van der Waals surface area (Å²) in [5, 5.41) is 8.69. The number of halogens is 2. The van der Waals surface area contributed by atoms with E-state index >= 15 is 0 Å². The van der Waals surface area contributed by atoms with Crippen molar-refractivity contribution in [1.29, 1.82) is 0 Å². The fourth-order valence-electron chi connectivity index (χ4n) is 1.64. The van der Waals surface area contributed by atoms with Crippen molar-refractivity contribution in [3.05, 3.63) is 65.2 Å². The molecule has 1 N–H and O–H groups in total. The minimum atomic E-state index is -0.415. The topological polar surface area (TPSA) is 29.5 Å². The van der Waals surface area contributed by atoms with Gasteiger partial charge in [-0.3, -0.25) is 0 Å². The van der Waals surface area contributed by atoms with E-state index in [2.05, 4.69) is 11.8 Å². The van der Waals surface area contributed by atoms with Crippen molar-refractivity contribution >= 4 is 0 Å². The molecule has 0 fully saturated rings. The standard InChI is InChI=1S/C16H12F2O2/c17-14-4-1-5-16(10-14)20-11-13-6-7-15(18)9-12(13)3-2-8-19/h1,4-7,9-10,19H,8,11H2. The quantitative estimate of drug-likeness (QED) is 0.872. The molecular weight excluding hydrogens is 262 g/mol. The van der Waals surface area contributed by atoms with Crippen molar-refractivity contribution in [2.24, 2.45) is 0 Å². The molecule has 20 heavy (non-hydrogen) atoms. The zero-order valence-corrected chi connectivity index (χ0v) is 10.6. The highest BCUT2D eigenvalue weighted by molar-refractivity contribution is 5.41. The van der Waals surface area contributed by atoms with Crippen molar-refractivity contribution in [1.82, 2.24) is 0 Å². The maximum Gasteiger partial charge on any atom is 0.126 e. The van der Waals surface area contributed by atoms with Crippen LogP contribution in [0.3, 0.4) is 0 Å². The normalized spacial score (nSPS) is 9.75. The summed E-state index contributed by atoms with van der Waals surface area (Å²) in [6.45, 7) is -0.167. The van der Waals surface area contributed by atoms with Crippen LogP contribution in [-0.2, 0) is 6.61 Å². The van der Waals surface area contributed by atoms with Crippen molar-refractivity contribution in [3.63, 3.8) is 0 Å². The van der Waals surface area contributed by atoms with Gasteiger partial charge in [-0.25, -0.2) is 8.78 Å². The molecule has 2 aromatic rings. The molecule has 0 saturated carbocycles. The summed E-state index contributed by atoms with van der Waals surface area (Å²) in [6.07, 6.45) is 0. The van der Waals surface area contributed by atoms with Crippen LogP contribution in [0.1, 0.15) is 11.1 Å². The Morgan fingerprint density at radius 3 is 2.60 bits per heavy atom. The molecule has 0 heterocycles. The molecule has 0 bridgehead atoms. The molecule has 0 spiro atoms. The van der Waals surface area contributed by atoms with Gasteiger partial charge in [-0.2, -0.15) is 0 Å². The van der Waals surface area contributed by atoms with Gasteiger partial charge in [-0.15, -0.1) is 0 Å². The zero-order valence-electron chi connectivity index (χ0n) is 10.6. The number of hydrogen-bond donors (Lipinski definition) is 1. The van der Waals surface area contributed by atoms with Gasteiger partial charge in [0.25, 0.3) is 0 Å². The molecule has 0 amide bonds. The minimum absolute atomic E-state index is 0.138. The van der Waals surface area contributed by atoms with Crippen LogP contribution in [0.25, 0.3) is 0 Å². The molecule has 0 aliphatic heterocycles. The Balaban J connectivity index is 2.16. The van der Waals surface area contributed by atoms with E-state index in [-0.39, 0.29) is 19.0 Å². The third-order valence-corrected chi connectivity index (χ3v) is 2.56. The van der Waals surface area contributed by atoms with E-state index < -0.39 is 5.82 Å². The Labute approximate surface area is 115 Å². The van der Waals surface area contributed by atoms with Crippen LogP contribution < -0.4 is 4.74 Å². The summed E-state index contributed by atoms with van der Waals surface area (Å²) < 4.78 is 31.6. The predicted octanol–water partition coefficient (Wildman–Crippen LogP) is 2.89.